The molecule has 8 heteroatoms. The normalized spacial score (nSPS) is 11.3. The fraction of sp³-hybridized carbons (Fsp3) is 0.214. The number of ether oxygens (including phenoxy) is 1. The topological polar surface area (TPSA) is 91.7 Å². The van der Waals surface area contributed by atoms with E-state index in [4.69, 9.17) is 26.9 Å². The maximum absolute atomic E-state index is 11.7. The van der Waals surface area contributed by atoms with Crippen LogP contribution in [0.3, 0.4) is 0 Å². The number of amidine groups is 1. The summed E-state index contributed by atoms with van der Waals surface area (Å²) in [7, 11) is 1.49. The first kappa shape index (κ1) is 15.8. The smallest absolute Gasteiger partial charge is 0.356 e. The van der Waals surface area contributed by atoms with Gasteiger partial charge >= 0.3 is 5.97 Å². The lowest BCUT2D eigenvalue weighted by Crippen LogP contribution is -2.18. The molecule has 2 rings (SSSR count). The van der Waals surface area contributed by atoms with Crippen molar-refractivity contribution in [1.29, 1.82) is 0 Å². The fourth-order valence-electron chi connectivity index (χ4n) is 1.74. The summed E-state index contributed by atoms with van der Waals surface area (Å²) in [6, 6.07) is 6.66. The number of nitrogens with two attached hydrogens (primary N) is 1. The van der Waals surface area contributed by atoms with Crippen LogP contribution in [0.5, 0.6) is 5.75 Å². The van der Waals surface area contributed by atoms with Gasteiger partial charge in [-0.3, -0.25) is 4.68 Å². The van der Waals surface area contributed by atoms with Gasteiger partial charge in [0.05, 0.1) is 18.4 Å². The molecule has 0 saturated carbocycles. The van der Waals surface area contributed by atoms with E-state index < -0.39 is 5.97 Å². The summed E-state index contributed by atoms with van der Waals surface area (Å²) in [5, 5.41) is 8.15. The summed E-state index contributed by atoms with van der Waals surface area (Å²) in [6.45, 7) is 1.76. The van der Waals surface area contributed by atoms with E-state index in [-0.39, 0.29) is 12.4 Å². The lowest BCUT2D eigenvalue weighted by Gasteiger charge is -2.07. The zero-order valence-corrected chi connectivity index (χ0v) is 12.9. The van der Waals surface area contributed by atoms with Crippen LogP contribution in [0.2, 0.25) is 5.02 Å². The van der Waals surface area contributed by atoms with Crippen LogP contribution >= 0.6 is 11.6 Å². The average Bonchev–Trinajstić information content (AvgIpc) is 2.89. The highest BCUT2D eigenvalue weighted by molar-refractivity contribution is 6.31. The monoisotopic (exact) mass is 322 g/mol. The molecule has 1 aromatic heterocycles. The van der Waals surface area contributed by atoms with Gasteiger partial charge in [-0.15, -0.1) is 0 Å². The van der Waals surface area contributed by atoms with Crippen molar-refractivity contribution < 1.29 is 14.4 Å². The highest BCUT2D eigenvalue weighted by Crippen LogP contribution is 2.22. The number of halogens is 1. The second-order valence-electron chi connectivity index (χ2n) is 4.44. The zero-order valence-electron chi connectivity index (χ0n) is 12.1. The molecule has 2 N–H and O–H groups in total. The first-order valence-corrected chi connectivity index (χ1v) is 6.74. The van der Waals surface area contributed by atoms with Crippen LogP contribution in [0.4, 0.5) is 0 Å². The Bertz CT molecular complexity index is 712. The van der Waals surface area contributed by atoms with Crippen LogP contribution in [0, 0.1) is 6.92 Å². The second-order valence-corrected chi connectivity index (χ2v) is 4.88. The predicted molar refractivity (Wildman–Crippen MR) is 81.8 cm³/mol. The minimum absolute atomic E-state index is 0.00986. The number of carbonyl (C=O) groups excluding carboxylic acids is 1. The number of benzene rings is 1. The minimum Gasteiger partial charge on any atom is -0.496 e. The number of rotatable bonds is 5. The molecule has 2 aromatic rings. The van der Waals surface area contributed by atoms with E-state index in [1.807, 2.05) is 6.92 Å². The molecule has 22 heavy (non-hydrogen) atoms. The molecule has 0 unspecified atom stereocenters. The molecule has 0 aliphatic carbocycles. The van der Waals surface area contributed by atoms with Gasteiger partial charge in [-0.05, 0) is 31.2 Å². The third-order valence-corrected chi connectivity index (χ3v) is 2.98. The van der Waals surface area contributed by atoms with Crippen LogP contribution in [0.15, 0.2) is 35.6 Å². The summed E-state index contributed by atoms with van der Waals surface area (Å²) in [5.41, 5.74) is 7.05. The van der Waals surface area contributed by atoms with Gasteiger partial charge in [-0.2, -0.15) is 5.10 Å². The number of nitrogens with zero attached hydrogens (tertiary/aromatic N) is 3. The number of methoxy groups -OCH3 is 1. The van der Waals surface area contributed by atoms with Crippen LogP contribution in [0.1, 0.15) is 11.3 Å². The summed E-state index contributed by atoms with van der Waals surface area (Å²) in [4.78, 5) is 16.5. The van der Waals surface area contributed by atoms with Crippen LogP contribution < -0.4 is 10.5 Å². The molecular weight excluding hydrogens is 308 g/mol. The molecule has 0 aliphatic heterocycles. The van der Waals surface area contributed by atoms with Gasteiger partial charge in [-0.25, -0.2) is 4.79 Å². The maximum Gasteiger partial charge on any atom is 0.356 e. The van der Waals surface area contributed by atoms with Crippen molar-refractivity contribution in [2.75, 3.05) is 7.11 Å². The number of oxime groups is 1. The standard InChI is InChI=1S/C14H15ClN4O3/c1-9-5-6-19(17-9)8-13(20)22-18-14(16)11-7-10(15)3-4-12(11)21-2/h3-7H,8H2,1-2H3,(H2,16,18). The lowest BCUT2D eigenvalue weighted by atomic mass is 10.2. The van der Waals surface area contributed by atoms with Crippen molar-refractivity contribution in [2.45, 2.75) is 13.5 Å². The third kappa shape index (κ3) is 3.98. The van der Waals surface area contributed by atoms with Gasteiger partial charge in [0.1, 0.15) is 12.3 Å². The summed E-state index contributed by atoms with van der Waals surface area (Å²) >= 11 is 5.90. The van der Waals surface area contributed by atoms with Crippen molar-refractivity contribution in [1.82, 2.24) is 9.78 Å². The quantitative estimate of drug-likeness (QED) is 0.391. The molecule has 7 nitrogen and oxygen atoms in total. The van der Waals surface area contributed by atoms with Gasteiger partial charge < -0.3 is 15.3 Å². The van der Waals surface area contributed by atoms with Gasteiger partial charge in [-0.1, -0.05) is 16.8 Å². The Balaban J connectivity index is 2.06. The number of aromatic nitrogens is 2. The predicted octanol–water partition coefficient (Wildman–Crippen LogP) is 1.72. The van der Waals surface area contributed by atoms with Crippen LogP contribution in [0.25, 0.3) is 0 Å². The SMILES string of the molecule is COc1ccc(Cl)cc1/C(N)=N/OC(=O)Cn1ccc(C)n1. The molecule has 0 amide bonds. The van der Waals surface area contributed by atoms with E-state index in [9.17, 15) is 4.79 Å². The van der Waals surface area contributed by atoms with Crippen molar-refractivity contribution in [3.63, 3.8) is 0 Å². The van der Waals surface area contributed by atoms with E-state index >= 15 is 0 Å². The Morgan fingerprint density at radius 2 is 2.23 bits per heavy atom. The van der Waals surface area contributed by atoms with E-state index in [1.165, 1.54) is 11.8 Å². The highest BCUT2D eigenvalue weighted by Gasteiger charge is 2.10. The summed E-state index contributed by atoms with van der Waals surface area (Å²) in [6.07, 6.45) is 1.67. The Kier molecular flexibility index (Phi) is 5.00. The van der Waals surface area contributed by atoms with Gasteiger partial charge in [0, 0.05) is 11.2 Å². The van der Waals surface area contributed by atoms with Crippen molar-refractivity contribution in [2.24, 2.45) is 10.9 Å². The lowest BCUT2D eigenvalue weighted by molar-refractivity contribution is -0.144. The average molecular weight is 323 g/mol. The molecule has 0 saturated heterocycles. The van der Waals surface area contributed by atoms with Crippen molar-refractivity contribution >= 4 is 23.4 Å². The number of carbonyl (C=O) groups is 1. The van der Waals surface area contributed by atoms with E-state index in [0.29, 0.717) is 16.3 Å². The molecule has 1 heterocycles. The van der Waals surface area contributed by atoms with E-state index in [2.05, 4.69) is 10.3 Å². The molecule has 0 aliphatic rings. The highest BCUT2D eigenvalue weighted by atomic mass is 35.5. The Morgan fingerprint density at radius 3 is 2.86 bits per heavy atom. The molecule has 1 aromatic carbocycles. The minimum atomic E-state index is -0.591. The first-order valence-electron chi connectivity index (χ1n) is 6.37. The number of hydrogen-bond donors (Lipinski definition) is 1. The summed E-state index contributed by atoms with van der Waals surface area (Å²) < 4.78 is 6.60. The largest absolute Gasteiger partial charge is 0.496 e. The van der Waals surface area contributed by atoms with Crippen LogP contribution in [-0.4, -0.2) is 28.7 Å². The Hall–Kier alpha value is -2.54. The van der Waals surface area contributed by atoms with Crippen molar-refractivity contribution in [3.8, 4) is 5.75 Å². The first-order chi connectivity index (χ1) is 10.5. The van der Waals surface area contributed by atoms with Gasteiger partial charge in [0.15, 0.2) is 5.84 Å². The second kappa shape index (κ2) is 6.95. The van der Waals surface area contributed by atoms with Gasteiger partial charge in [0.25, 0.3) is 0 Å². The molecule has 0 spiro atoms. The molecular formula is C14H15ClN4O3. The Morgan fingerprint density at radius 1 is 1.45 bits per heavy atom. The summed E-state index contributed by atoms with van der Waals surface area (Å²) in [5.74, 6) is -0.124. The molecule has 0 atom stereocenters. The fourth-order valence-corrected chi connectivity index (χ4v) is 1.91. The number of hydrogen-bond acceptors (Lipinski definition) is 5. The van der Waals surface area contributed by atoms with E-state index in [0.717, 1.165) is 5.69 Å². The van der Waals surface area contributed by atoms with Gasteiger partial charge in [0.2, 0.25) is 0 Å². The molecule has 116 valence electrons. The molecule has 0 radical (unpaired) electrons. The molecule has 0 fully saturated rings. The number of aryl methyl sites for hydroxylation is 1. The maximum atomic E-state index is 11.7. The Labute approximate surface area is 132 Å². The van der Waals surface area contributed by atoms with Crippen molar-refractivity contribution in [3.05, 3.63) is 46.7 Å². The third-order valence-electron chi connectivity index (χ3n) is 2.75. The van der Waals surface area contributed by atoms with E-state index in [1.54, 1.807) is 30.5 Å². The zero-order chi connectivity index (χ0) is 16.1. The molecule has 0 bridgehead atoms. The van der Waals surface area contributed by atoms with Crippen LogP contribution in [-0.2, 0) is 16.2 Å².